The molecule has 0 spiro atoms. The van der Waals surface area contributed by atoms with E-state index in [1.165, 1.54) is 11.8 Å². The number of hydrogen-bond acceptors (Lipinski definition) is 5. The third-order valence-electron chi connectivity index (χ3n) is 2.41. The smallest absolute Gasteiger partial charge is 0.316 e. The van der Waals surface area contributed by atoms with Crippen LogP contribution in [0.3, 0.4) is 0 Å². The molecule has 6 heteroatoms. The van der Waals surface area contributed by atoms with E-state index in [0.29, 0.717) is 17.5 Å². The predicted octanol–water partition coefficient (Wildman–Crippen LogP) is 2.93. The SMILES string of the molecule is Cc1ccccc1OCCNC(=S)SCC(=O)OC(C)C. The molecule has 0 aliphatic carbocycles. The summed E-state index contributed by atoms with van der Waals surface area (Å²) in [5.41, 5.74) is 1.10. The van der Waals surface area contributed by atoms with Crippen LogP contribution in [0, 0.1) is 6.92 Å². The highest BCUT2D eigenvalue weighted by molar-refractivity contribution is 8.23. The molecule has 1 rings (SSSR count). The van der Waals surface area contributed by atoms with Gasteiger partial charge in [0.25, 0.3) is 0 Å². The zero-order valence-electron chi connectivity index (χ0n) is 12.5. The minimum atomic E-state index is -0.254. The summed E-state index contributed by atoms with van der Waals surface area (Å²) in [6.07, 6.45) is -0.0952. The second kappa shape index (κ2) is 9.63. The average molecular weight is 327 g/mol. The first-order valence-corrected chi connectivity index (χ1v) is 8.17. The molecule has 0 aliphatic rings. The van der Waals surface area contributed by atoms with Gasteiger partial charge in [-0.25, -0.2) is 0 Å². The number of ether oxygens (including phenoxy) is 2. The Hall–Kier alpha value is -1.27. The Labute approximate surface area is 135 Å². The molecule has 0 radical (unpaired) electrons. The van der Waals surface area contributed by atoms with Crippen molar-refractivity contribution in [2.45, 2.75) is 26.9 Å². The number of thioether (sulfide) groups is 1. The van der Waals surface area contributed by atoms with E-state index in [4.69, 9.17) is 21.7 Å². The molecular weight excluding hydrogens is 306 g/mol. The van der Waals surface area contributed by atoms with E-state index in [0.717, 1.165) is 11.3 Å². The number of hydrogen-bond donors (Lipinski definition) is 1. The highest BCUT2D eigenvalue weighted by Gasteiger charge is 2.07. The number of para-hydroxylation sites is 1. The lowest BCUT2D eigenvalue weighted by atomic mass is 10.2. The zero-order chi connectivity index (χ0) is 15.7. The second-order valence-electron chi connectivity index (χ2n) is 4.66. The van der Waals surface area contributed by atoms with Crippen molar-refractivity contribution in [1.29, 1.82) is 0 Å². The zero-order valence-corrected chi connectivity index (χ0v) is 14.2. The van der Waals surface area contributed by atoms with Gasteiger partial charge in [-0.2, -0.15) is 0 Å². The lowest BCUT2D eigenvalue weighted by Gasteiger charge is -2.11. The first-order chi connectivity index (χ1) is 9.99. The maximum absolute atomic E-state index is 11.4. The summed E-state index contributed by atoms with van der Waals surface area (Å²) in [7, 11) is 0. The van der Waals surface area contributed by atoms with Gasteiger partial charge in [-0.15, -0.1) is 0 Å². The van der Waals surface area contributed by atoms with Gasteiger partial charge in [-0.3, -0.25) is 4.79 Å². The van der Waals surface area contributed by atoms with E-state index in [1.54, 1.807) is 0 Å². The van der Waals surface area contributed by atoms with Crippen LogP contribution >= 0.6 is 24.0 Å². The van der Waals surface area contributed by atoms with E-state index in [9.17, 15) is 4.79 Å². The lowest BCUT2D eigenvalue weighted by molar-refractivity contribution is -0.144. The van der Waals surface area contributed by atoms with Crippen molar-refractivity contribution in [2.24, 2.45) is 0 Å². The normalized spacial score (nSPS) is 10.3. The van der Waals surface area contributed by atoms with Crippen LogP contribution in [-0.2, 0) is 9.53 Å². The molecule has 4 nitrogen and oxygen atoms in total. The first kappa shape index (κ1) is 17.8. The molecular formula is C15H21NO3S2. The molecule has 0 aromatic heterocycles. The summed E-state index contributed by atoms with van der Waals surface area (Å²) in [6, 6.07) is 7.85. The van der Waals surface area contributed by atoms with Crippen LogP contribution in [0.2, 0.25) is 0 Å². The van der Waals surface area contributed by atoms with Gasteiger partial charge in [0.1, 0.15) is 16.7 Å². The Bertz CT molecular complexity index is 478. The molecule has 0 fully saturated rings. The van der Waals surface area contributed by atoms with Gasteiger partial charge in [-0.05, 0) is 32.4 Å². The monoisotopic (exact) mass is 327 g/mol. The first-order valence-electron chi connectivity index (χ1n) is 6.77. The Kier molecular flexibility index (Phi) is 8.15. The van der Waals surface area contributed by atoms with Gasteiger partial charge in [0.05, 0.1) is 18.4 Å². The van der Waals surface area contributed by atoms with E-state index in [1.807, 2.05) is 45.0 Å². The summed E-state index contributed by atoms with van der Waals surface area (Å²) in [6.45, 7) is 6.76. The predicted molar refractivity (Wildman–Crippen MR) is 91.0 cm³/mol. The highest BCUT2D eigenvalue weighted by atomic mass is 32.2. The molecule has 0 saturated heterocycles. The van der Waals surface area contributed by atoms with Crippen molar-refractivity contribution in [2.75, 3.05) is 18.9 Å². The average Bonchev–Trinajstić information content (AvgIpc) is 2.42. The maximum atomic E-state index is 11.4. The van der Waals surface area contributed by atoms with Gasteiger partial charge in [-0.1, -0.05) is 42.2 Å². The van der Waals surface area contributed by atoms with Crippen molar-refractivity contribution in [3.05, 3.63) is 29.8 Å². The molecule has 21 heavy (non-hydrogen) atoms. The molecule has 0 aliphatic heterocycles. The van der Waals surface area contributed by atoms with E-state index < -0.39 is 0 Å². The molecule has 1 aromatic carbocycles. The fourth-order valence-electron chi connectivity index (χ4n) is 1.50. The number of rotatable bonds is 7. The van der Waals surface area contributed by atoms with Gasteiger partial charge < -0.3 is 14.8 Å². The fourth-order valence-corrected chi connectivity index (χ4v) is 2.30. The highest BCUT2D eigenvalue weighted by Crippen LogP contribution is 2.15. The number of aryl methyl sites for hydroxylation is 1. The molecule has 0 atom stereocenters. The molecule has 0 bridgehead atoms. The van der Waals surface area contributed by atoms with Crippen molar-refractivity contribution < 1.29 is 14.3 Å². The molecule has 1 aromatic rings. The summed E-state index contributed by atoms with van der Waals surface area (Å²) in [4.78, 5) is 11.4. The number of nitrogens with one attached hydrogen (secondary N) is 1. The standard InChI is InChI=1S/C15H21NO3S2/c1-11(2)19-14(17)10-21-15(20)16-8-9-18-13-7-5-4-6-12(13)3/h4-7,11H,8-10H2,1-3H3,(H,16,20). The minimum absolute atomic E-state index is 0.0952. The van der Waals surface area contributed by atoms with Gasteiger partial charge in [0, 0.05) is 0 Å². The van der Waals surface area contributed by atoms with Crippen LogP contribution in [0.25, 0.3) is 0 Å². The van der Waals surface area contributed by atoms with Crippen LogP contribution in [-0.4, -0.2) is 35.3 Å². The summed E-state index contributed by atoms with van der Waals surface area (Å²) < 4.78 is 11.2. The third-order valence-corrected chi connectivity index (χ3v) is 3.70. The number of carbonyl (C=O) groups is 1. The van der Waals surface area contributed by atoms with Gasteiger partial charge in [0.2, 0.25) is 0 Å². The Morgan fingerprint density at radius 1 is 1.38 bits per heavy atom. The van der Waals surface area contributed by atoms with Crippen LogP contribution < -0.4 is 10.1 Å². The topological polar surface area (TPSA) is 47.6 Å². The second-order valence-corrected chi connectivity index (χ2v) is 6.31. The van der Waals surface area contributed by atoms with Crippen LogP contribution in [0.1, 0.15) is 19.4 Å². The molecule has 0 heterocycles. The minimum Gasteiger partial charge on any atom is -0.491 e. The summed E-state index contributed by atoms with van der Waals surface area (Å²) in [5.74, 6) is 0.844. The lowest BCUT2D eigenvalue weighted by Crippen LogP contribution is -2.26. The number of benzene rings is 1. The molecule has 0 unspecified atom stereocenters. The number of carbonyl (C=O) groups excluding carboxylic acids is 1. The summed E-state index contributed by atoms with van der Waals surface area (Å²) in [5, 5.41) is 3.04. The Morgan fingerprint density at radius 3 is 2.76 bits per heavy atom. The Balaban J connectivity index is 2.14. The van der Waals surface area contributed by atoms with Crippen molar-refractivity contribution in [1.82, 2.24) is 5.32 Å². The van der Waals surface area contributed by atoms with Gasteiger partial charge >= 0.3 is 5.97 Å². The van der Waals surface area contributed by atoms with Crippen molar-refractivity contribution in [3.8, 4) is 5.75 Å². The number of thiocarbonyl (C=S) groups is 1. The van der Waals surface area contributed by atoms with Crippen LogP contribution in [0.4, 0.5) is 0 Å². The van der Waals surface area contributed by atoms with E-state index >= 15 is 0 Å². The number of esters is 1. The van der Waals surface area contributed by atoms with E-state index in [2.05, 4.69) is 5.32 Å². The van der Waals surface area contributed by atoms with Crippen LogP contribution in [0.15, 0.2) is 24.3 Å². The fraction of sp³-hybridized carbons (Fsp3) is 0.467. The van der Waals surface area contributed by atoms with Crippen molar-refractivity contribution >= 4 is 34.3 Å². The molecule has 0 amide bonds. The molecule has 1 N–H and O–H groups in total. The third kappa shape index (κ3) is 7.92. The summed E-state index contributed by atoms with van der Waals surface area (Å²) >= 11 is 6.40. The van der Waals surface area contributed by atoms with Crippen molar-refractivity contribution in [3.63, 3.8) is 0 Å². The quantitative estimate of drug-likeness (QED) is 0.472. The Morgan fingerprint density at radius 2 is 2.10 bits per heavy atom. The van der Waals surface area contributed by atoms with E-state index in [-0.39, 0.29) is 17.8 Å². The molecule has 116 valence electrons. The van der Waals surface area contributed by atoms with Gasteiger partial charge in [0.15, 0.2) is 0 Å². The van der Waals surface area contributed by atoms with Crippen LogP contribution in [0.5, 0.6) is 5.75 Å². The molecule has 0 saturated carbocycles. The maximum Gasteiger partial charge on any atom is 0.316 e. The largest absolute Gasteiger partial charge is 0.491 e.